The number of carbonyl (C=O) groups is 3. The van der Waals surface area contributed by atoms with Gasteiger partial charge in [-0.3, -0.25) is 9.59 Å². The highest BCUT2D eigenvalue weighted by Crippen LogP contribution is 2.23. The predicted octanol–water partition coefficient (Wildman–Crippen LogP) is 3.34. The fraction of sp³-hybridized carbons (Fsp3) is 0.654. The molecule has 8 heteroatoms. The Morgan fingerprint density at radius 2 is 1.94 bits per heavy atom. The van der Waals surface area contributed by atoms with Crippen LogP contribution in [0, 0.1) is 5.92 Å². The Morgan fingerprint density at radius 3 is 2.65 bits per heavy atom. The van der Waals surface area contributed by atoms with E-state index in [4.69, 9.17) is 9.47 Å². The van der Waals surface area contributed by atoms with Gasteiger partial charge in [-0.15, -0.1) is 0 Å². The number of carbonyl (C=O) groups excluding carboxylic acids is 2. The van der Waals surface area contributed by atoms with Crippen molar-refractivity contribution in [2.75, 3.05) is 26.3 Å². The zero-order chi connectivity index (χ0) is 24.3. The van der Waals surface area contributed by atoms with Crippen molar-refractivity contribution in [2.45, 2.75) is 76.9 Å². The highest BCUT2D eigenvalue weighted by molar-refractivity contribution is 5.88. The Bertz CT molecular complexity index is 812. The summed E-state index contributed by atoms with van der Waals surface area (Å²) in [6, 6.07) is -0.935. The number of carboxylic acid groups (broad SMARTS) is 1. The summed E-state index contributed by atoms with van der Waals surface area (Å²) in [5.41, 5.74) is 0.975. The molecule has 2 aliphatic carbocycles. The molecule has 2 atom stereocenters. The summed E-state index contributed by atoms with van der Waals surface area (Å²) >= 11 is 0. The molecule has 0 radical (unpaired) electrons. The van der Waals surface area contributed by atoms with Crippen molar-refractivity contribution in [3.63, 3.8) is 0 Å². The van der Waals surface area contributed by atoms with Crippen molar-refractivity contribution in [1.29, 1.82) is 0 Å². The quantitative estimate of drug-likeness (QED) is 0.604. The van der Waals surface area contributed by atoms with Crippen LogP contribution in [0.5, 0.6) is 0 Å². The number of fused-ring (bicyclic) bond motifs is 3. The summed E-state index contributed by atoms with van der Waals surface area (Å²) in [6.07, 6.45) is 16.7. The van der Waals surface area contributed by atoms with Crippen molar-refractivity contribution in [3.8, 4) is 0 Å². The fourth-order valence-electron chi connectivity index (χ4n) is 4.68. The molecule has 2 fully saturated rings. The fourth-order valence-corrected chi connectivity index (χ4v) is 4.68. The monoisotopic (exact) mass is 474 g/mol. The molecule has 0 aromatic heterocycles. The molecular formula is C26H38N2O6. The van der Waals surface area contributed by atoms with Crippen LogP contribution in [0.15, 0.2) is 35.6 Å². The highest BCUT2D eigenvalue weighted by atomic mass is 16.5. The van der Waals surface area contributed by atoms with Gasteiger partial charge in [-0.25, -0.2) is 4.79 Å². The summed E-state index contributed by atoms with van der Waals surface area (Å²) in [5, 5.41) is 12.0. The molecular weight excluding hydrogens is 436 g/mol. The van der Waals surface area contributed by atoms with Crippen molar-refractivity contribution >= 4 is 17.8 Å². The lowest BCUT2D eigenvalue weighted by Crippen LogP contribution is -2.45. The van der Waals surface area contributed by atoms with Gasteiger partial charge >= 0.3 is 5.97 Å². The van der Waals surface area contributed by atoms with Crippen LogP contribution in [-0.2, 0) is 23.9 Å². The molecule has 8 nitrogen and oxygen atoms in total. The minimum Gasteiger partial charge on any atom is -0.492 e. The topological polar surface area (TPSA) is 105 Å². The number of ether oxygens (including phenoxy) is 2. The van der Waals surface area contributed by atoms with Crippen LogP contribution in [0.2, 0.25) is 0 Å². The van der Waals surface area contributed by atoms with E-state index in [1.54, 1.807) is 0 Å². The normalized spacial score (nSPS) is 26.8. The van der Waals surface area contributed by atoms with E-state index in [1.165, 1.54) is 37.0 Å². The van der Waals surface area contributed by atoms with Gasteiger partial charge in [-0.05, 0) is 36.5 Å². The minimum absolute atomic E-state index is 0.197. The van der Waals surface area contributed by atoms with Gasteiger partial charge < -0.3 is 24.8 Å². The maximum atomic E-state index is 12.4. The Kier molecular flexibility index (Phi) is 10.2. The Labute approximate surface area is 202 Å². The first kappa shape index (κ1) is 26.0. The molecule has 2 N–H and O–H groups in total. The van der Waals surface area contributed by atoms with Gasteiger partial charge in [0, 0.05) is 19.4 Å². The molecule has 2 aliphatic heterocycles. The number of allylic oxidation sites excluding steroid dienone is 5. The second-order valence-corrected chi connectivity index (χ2v) is 9.46. The molecule has 1 saturated carbocycles. The van der Waals surface area contributed by atoms with Crippen LogP contribution in [0.4, 0.5) is 0 Å². The number of hydrogen-bond donors (Lipinski definition) is 2. The number of rotatable bonds is 1. The van der Waals surface area contributed by atoms with Crippen LogP contribution >= 0.6 is 0 Å². The number of nitrogens with one attached hydrogen (secondary N) is 1. The van der Waals surface area contributed by atoms with Crippen LogP contribution in [0.1, 0.15) is 64.7 Å². The number of nitrogens with zero attached hydrogens (tertiary/aromatic N) is 1. The standard InChI is InChI=1S/C19H24N2O6.C7H14/c22-17-6-5-13-3-1-2-4-14(9-13)26-7-8-27-15-10-16(19(24)25)21(12-15)18(23)11-20-17;1-7-5-3-2-4-6-7/h1,3-4,9,15-16H,2,5-8,10-12H2,(H,20,22)(H,24,25);7H,2-6H2,1H3. The van der Waals surface area contributed by atoms with Crippen molar-refractivity contribution in [2.24, 2.45) is 5.92 Å². The third-order valence-electron chi connectivity index (χ3n) is 6.66. The summed E-state index contributed by atoms with van der Waals surface area (Å²) in [4.78, 5) is 37.2. The van der Waals surface area contributed by atoms with E-state index in [9.17, 15) is 19.5 Å². The van der Waals surface area contributed by atoms with Gasteiger partial charge in [-0.1, -0.05) is 51.2 Å². The van der Waals surface area contributed by atoms with Crippen LogP contribution < -0.4 is 5.32 Å². The second-order valence-electron chi connectivity index (χ2n) is 9.46. The van der Waals surface area contributed by atoms with Crippen LogP contribution in [0.3, 0.4) is 0 Å². The molecule has 0 spiro atoms. The average Bonchev–Trinajstić information content (AvgIpc) is 3.13. The summed E-state index contributed by atoms with van der Waals surface area (Å²) in [6.45, 7) is 2.99. The van der Waals surface area contributed by atoms with E-state index in [-0.39, 0.29) is 37.9 Å². The van der Waals surface area contributed by atoms with Crippen LogP contribution in [-0.4, -0.2) is 66.2 Å². The lowest BCUT2D eigenvalue weighted by atomic mass is 9.91. The molecule has 188 valence electrons. The predicted molar refractivity (Wildman–Crippen MR) is 128 cm³/mol. The van der Waals surface area contributed by atoms with Crippen molar-refractivity contribution in [1.82, 2.24) is 10.2 Å². The van der Waals surface area contributed by atoms with Gasteiger partial charge in [0.15, 0.2) is 0 Å². The van der Waals surface area contributed by atoms with Crippen LogP contribution in [0.25, 0.3) is 0 Å². The second kappa shape index (κ2) is 13.3. The molecule has 0 aromatic carbocycles. The zero-order valence-corrected chi connectivity index (χ0v) is 20.2. The molecule has 34 heavy (non-hydrogen) atoms. The molecule has 4 rings (SSSR count). The third-order valence-corrected chi connectivity index (χ3v) is 6.66. The van der Waals surface area contributed by atoms with Gasteiger partial charge in [0.2, 0.25) is 11.8 Å². The molecule has 2 heterocycles. The van der Waals surface area contributed by atoms with E-state index in [2.05, 4.69) is 12.2 Å². The van der Waals surface area contributed by atoms with E-state index in [1.807, 2.05) is 24.3 Å². The minimum atomic E-state index is -1.07. The average molecular weight is 475 g/mol. The van der Waals surface area contributed by atoms with E-state index < -0.39 is 17.9 Å². The zero-order valence-electron chi connectivity index (χ0n) is 20.2. The molecule has 4 bridgehead atoms. The molecule has 0 aromatic rings. The Balaban J connectivity index is 0.000000396. The first-order chi connectivity index (χ1) is 16.4. The Morgan fingerprint density at radius 1 is 1.15 bits per heavy atom. The van der Waals surface area contributed by atoms with Gasteiger partial charge in [0.05, 0.1) is 19.3 Å². The summed E-state index contributed by atoms with van der Waals surface area (Å²) in [5.74, 6) is 0.0396. The number of carboxylic acids is 1. The largest absolute Gasteiger partial charge is 0.492 e. The highest BCUT2D eigenvalue weighted by Gasteiger charge is 2.40. The summed E-state index contributed by atoms with van der Waals surface area (Å²) < 4.78 is 11.5. The lowest BCUT2D eigenvalue weighted by molar-refractivity contribution is -0.148. The SMILES string of the molecule is CC1CCCCC1.O=C1CCC2=CC(=CCC=C2)OCCOC2CC(C(=O)O)N(C2)C(=O)CN1. The maximum absolute atomic E-state index is 12.4. The smallest absolute Gasteiger partial charge is 0.326 e. The van der Waals surface area contributed by atoms with E-state index >= 15 is 0 Å². The molecule has 1 saturated heterocycles. The van der Waals surface area contributed by atoms with Gasteiger partial charge in [0.25, 0.3) is 0 Å². The van der Waals surface area contributed by atoms with Crippen molar-refractivity contribution < 1.29 is 29.0 Å². The number of hydrogen-bond acceptors (Lipinski definition) is 5. The summed E-state index contributed by atoms with van der Waals surface area (Å²) in [7, 11) is 0. The first-order valence-electron chi connectivity index (χ1n) is 12.5. The first-order valence-corrected chi connectivity index (χ1v) is 12.5. The number of aliphatic carboxylic acids is 1. The third kappa shape index (κ3) is 8.31. The molecule has 2 amide bonds. The maximum Gasteiger partial charge on any atom is 0.326 e. The lowest BCUT2D eigenvalue weighted by Gasteiger charge is -2.21. The van der Waals surface area contributed by atoms with E-state index in [0.717, 1.165) is 23.7 Å². The molecule has 4 aliphatic rings. The Hall–Kier alpha value is -2.61. The van der Waals surface area contributed by atoms with E-state index in [0.29, 0.717) is 19.6 Å². The van der Waals surface area contributed by atoms with Gasteiger partial charge in [-0.2, -0.15) is 0 Å². The van der Waals surface area contributed by atoms with Gasteiger partial charge in [0.1, 0.15) is 18.4 Å². The molecule has 2 unspecified atom stereocenters. The van der Waals surface area contributed by atoms with Crippen molar-refractivity contribution in [3.05, 3.63) is 35.6 Å². The number of amides is 2.